The fourth-order valence-corrected chi connectivity index (χ4v) is 4.07. The molecule has 2 aliphatic rings. The van der Waals surface area contributed by atoms with Crippen molar-refractivity contribution in [1.82, 2.24) is 4.90 Å². The van der Waals surface area contributed by atoms with Gasteiger partial charge in [-0.25, -0.2) is 0 Å². The molecule has 0 spiro atoms. The maximum atomic E-state index is 12.6. The second kappa shape index (κ2) is 5.91. The highest BCUT2D eigenvalue weighted by Crippen LogP contribution is 2.44. The van der Waals surface area contributed by atoms with Crippen LogP contribution in [0.5, 0.6) is 0 Å². The van der Waals surface area contributed by atoms with Gasteiger partial charge < -0.3 is 4.74 Å². The maximum absolute atomic E-state index is 12.6. The van der Waals surface area contributed by atoms with Crippen molar-refractivity contribution in [3.63, 3.8) is 0 Å². The second-order valence-electron chi connectivity index (χ2n) is 8.54. The van der Waals surface area contributed by atoms with Crippen molar-refractivity contribution in [2.45, 2.75) is 77.8 Å². The number of esters is 1. The van der Waals surface area contributed by atoms with Crippen LogP contribution in [0.25, 0.3) is 0 Å². The summed E-state index contributed by atoms with van der Waals surface area (Å²) in [6.07, 6.45) is 5.89. The third-order valence-electron chi connectivity index (χ3n) is 6.21. The van der Waals surface area contributed by atoms with Gasteiger partial charge in [0.25, 0.3) is 0 Å². The highest BCUT2D eigenvalue weighted by atomic mass is 16.5. The van der Waals surface area contributed by atoms with Gasteiger partial charge in [-0.1, -0.05) is 19.8 Å². The maximum Gasteiger partial charge on any atom is 0.310 e. The second-order valence-corrected chi connectivity index (χ2v) is 8.54. The van der Waals surface area contributed by atoms with E-state index in [2.05, 4.69) is 46.6 Å². The van der Waals surface area contributed by atoms with Crippen molar-refractivity contribution in [2.24, 2.45) is 17.8 Å². The molecule has 2 rings (SSSR count). The van der Waals surface area contributed by atoms with E-state index >= 15 is 0 Å². The molecule has 0 aromatic heterocycles. The van der Waals surface area contributed by atoms with Crippen LogP contribution in [0.2, 0.25) is 0 Å². The summed E-state index contributed by atoms with van der Waals surface area (Å²) in [5, 5.41) is 0. The Morgan fingerprint density at radius 1 is 1.14 bits per heavy atom. The number of hydrogen-bond acceptors (Lipinski definition) is 3. The average molecular weight is 295 g/mol. The molecule has 0 aromatic carbocycles. The zero-order chi connectivity index (χ0) is 15.8. The normalized spacial score (nSPS) is 35.6. The summed E-state index contributed by atoms with van der Waals surface area (Å²) in [6.45, 7) is 11.7. The van der Waals surface area contributed by atoms with Crippen LogP contribution < -0.4 is 0 Å². The molecule has 3 heteroatoms. The summed E-state index contributed by atoms with van der Waals surface area (Å²) >= 11 is 0. The Balaban J connectivity index is 1.89. The first kappa shape index (κ1) is 16.8. The van der Waals surface area contributed by atoms with Gasteiger partial charge >= 0.3 is 5.97 Å². The molecular formula is C18H33NO2. The molecular weight excluding hydrogens is 262 g/mol. The predicted octanol–water partition coefficient (Wildman–Crippen LogP) is 3.86. The third-order valence-corrected chi connectivity index (χ3v) is 6.21. The van der Waals surface area contributed by atoms with E-state index in [-0.39, 0.29) is 23.0 Å². The molecule has 1 unspecified atom stereocenters. The fraction of sp³-hybridized carbons (Fsp3) is 0.944. The Hall–Kier alpha value is -0.570. The van der Waals surface area contributed by atoms with E-state index in [1.165, 1.54) is 25.7 Å². The number of carbonyl (C=O) groups is 1. The number of carbonyl (C=O) groups excluding carboxylic acids is 1. The Morgan fingerprint density at radius 2 is 1.71 bits per heavy atom. The van der Waals surface area contributed by atoms with Crippen LogP contribution >= 0.6 is 0 Å². The van der Waals surface area contributed by atoms with Gasteiger partial charge in [0.2, 0.25) is 0 Å². The minimum Gasteiger partial charge on any atom is -0.465 e. The summed E-state index contributed by atoms with van der Waals surface area (Å²) in [5.74, 6) is 1.43. The van der Waals surface area contributed by atoms with Crippen molar-refractivity contribution in [1.29, 1.82) is 0 Å². The summed E-state index contributed by atoms with van der Waals surface area (Å²) in [6, 6.07) is 0. The summed E-state index contributed by atoms with van der Waals surface area (Å²) in [7, 11) is 2.12. The predicted molar refractivity (Wildman–Crippen MR) is 86.1 cm³/mol. The molecule has 0 N–H and O–H groups in total. The van der Waals surface area contributed by atoms with E-state index in [0.717, 1.165) is 12.3 Å². The smallest absolute Gasteiger partial charge is 0.310 e. The summed E-state index contributed by atoms with van der Waals surface area (Å²) in [4.78, 5) is 14.9. The lowest BCUT2D eigenvalue weighted by Gasteiger charge is -2.38. The number of ether oxygens (including phenoxy) is 1. The van der Waals surface area contributed by atoms with Gasteiger partial charge in [0.15, 0.2) is 0 Å². The molecule has 122 valence electrons. The van der Waals surface area contributed by atoms with Crippen LogP contribution in [0.15, 0.2) is 0 Å². The molecule has 1 aliphatic carbocycles. The van der Waals surface area contributed by atoms with Crippen LogP contribution in [0.3, 0.4) is 0 Å². The summed E-state index contributed by atoms with van der Waals surface area (Å²) in [5.41, 5.74) is -0.0604. The molecule has 1 heterocycles. The van der Waals surface area contributed by atoms with Gasteiger partial charge in [0.1, 0.15) is 0 Å². The van der Waals surface area contributed by atoms with E-state index in [1.807, 2.05) is 0 Å². The molecule has 21 heavy (non-hydrogen) atoms. The first-order valence-corrected chi connectivity index (χ1v) is 8.55. The monoisotopic (exact) mass is 295 g/mol. The molecule has 1 aliphatic heterocycles. The summed E-state index contributed by atoms with van der Waals surface area (Å²) < 4.78 is 5.71. The molecule has 0 radical (unpaired) electrons. The van der Waals surface area contributed by atoms with Crippen LogP contribution in [0.1, 0.15) is 66.7 Å². The Bertz CT molecular complexity index is 381. The number of nitrogens with zero attached hydrogens (tertiary/aromatic N) is 1. The number of rotatable bonds is 3. The van der Waals surface area contributed by atoms with Gasteiger partial charge in [-0.05, 0) is 65.8 Å². The Kier molecular flexibility index (Phi) is 4.72. The first-order chi connectivity index (χ1) is 9.64. The zero-order valence-electron chi connectivity index (χ0n) is 14.7. The number of hydrogen-bond donors (Lipinski definition) is 0. The number of likely N-dealkylation sites (tertiary alicyclic amines) is 1. The molecule has 0 bridgehead atoms. The molecule has 0 amide bonds. The fourth-order valence-electron chi connectivity index (χ4n) is 4.07. The average Bonchev–Trinajstić information content (AvgIpc) is 2.58. The van der Waals surface area contributed by atoms with Crippen LogP contribution in [0.4, 0.5) is 0 Å². The largest absolute Gasteiger partial charge is 0.465 e. The standard InChI is InChI=1S/C18H33NO2/c1-13-7-9-14(10-8-13)12-21-16(20)15-11-17(2,3)19(6)18(15,4)5/h13-15H,7-12H2,1-6H3. The van der Waals surface area contributed by atoms with Gasteiger partial charge in [-0.3, -0.25) is 9.69 Å². The SMILES string of the molecule is CC1CCC(COC(=O)C2CC(C)(C)N(C)C2(C)C)CC1. The van der Waals surface area contributed by atoms with Gasteiger partial charge in [-0.2, -0.15) is 0 Å². The zero-order valence-corrected chi connectivity index (χ0v) is 14.7. The Morgan fingerprint density at radius 3 is 2.19 bits per heavy atom. The van der Waals surface area contributed by atoms with Crippen molar-refractivity contribution < 1.29 is 9.53 Å². The van der Waals surface area contributed by atoms with Gasteiger partial charge in [0.05, 0.1) is 12.5 Å². The highest BCUT2D eigenvalue weighted by Gasteiger charge is 2.53. The van der Waals surface area contributed by atoms with Crippen LogP contribution in [0, 0.1) is 17.8 Å². The molecule has 1 saturated heterocycles. The van der Waals surface area contributed by atoms with Crippen molar-refractivity contribution in [3.05, 3.63) is 0 Å². The topological polar surface area (TPSA) is 29.5 Å². The van der Waals surface area contributed by atoms with Crippen molar-refractivity contribution in [3.8, 4) is 0 Å². The lowest BCUT2D eigenvalue weighted by Crippen LogP contribution is -2.48. The molecule has 3 nitrogen and oxygen atoms in total. The van der Waals surface area contributed by atoms with Crippen molar-refractivity contribution in [2.75, 3.05) is 13.7 Å². The van der Waals surface area contributed by atoms with Gasteiger partial charge in [-0.15, -0.1) is 0 Å². The quantitative estimate of drug-likeness (QED) is 0.740. The van der Waals surface area contributed by atoms with Gasteiger partial charge in [0, 0.05) is 11.1 Å². The van der Waals surface area contributed by atoms with E-state index in [1.54, 1.807) is 0 Å². The molecule has 2 fully saturated rings. The van der Waals surface area contributed by atoms with Crippen molar-refractivity contribution >= 4 is 5.97 Å². The minimum absolute atomic E-state index is 0.0102. The molecule has 1 saturated carbocycles. The molecule has 1 atom stereocenters. The van der Waals surface area contributed by atoms with Crippen LogP contribution in [-0.2, 0) is 9.53 Å². The van der Waals surface area contributed by atoms with E-state index < -0.39 is 0 Å². The van der Waals surface area contributed by atoms with E-state index in [9.17, 15) is 4.79 Å². The van der Waals surface area contributed by atoms with E-state index in [0.29, 0.717) is 12.5 Å². The lowest BCUT2D eigenvalue weighted by molar-refractivity contribution is -0.152. The Labute approximate surface area is 130 Å². The highest BCUT2D eigenvalue weighted by molar-refractivity contribution is 5.74. The first-order valence-electron chi connectivity index (χ1n) is 8.55. The lowest BCUT2D eigenvalue weighted by atomic mass is 9.83. The minimum atomic E-state index is -0.123. The molecule has 0 aromatic rings. The van der Waals surface area contributed by atoms with Crippen LogP contribution in [-0.4, -0.2) is 35.6 Å². The third kappa shape index (κ3) is 3.44. The van der Waals surface area contributed by atoms with E-state index in [4.69, 9.17) is 4.74 Å².